The molecule has 128 valence electrons. The number of carbonyl (C=O) groups is 1. The van der Waals surface area contributed by atoms with E-state index in [0.717, 1.165) is 0 Å². The first-order chi connectivity index (χ1) is 10.5. The summed E-state index contributed by atoms with van der Waals surface area (Å²) < 4.78 is 59.3. The Bertz CT molecular complexity index is 666. The molecule has 0 aliphatic heterocycles. The van der Waals surface area contributed by atoms with Crippen LogP contribution in [0.1, 0.15) is 48.3 Å². The highest BCUT2D eigenvalue weighted by atomic mass is 127. The predicted octanol–water partition coefficient (Wildman–Crippen LogP) is 3.83. The van der Waals surface area contributed by atoms with Crippen molar-refractivity contribution >= 4 is 28.6 Å². The molecule has 0 bridgehead atoms. The van der Waals surface area contributed by atoms with Gasteiger partial charge in [-0.1, -0.05) is 6.92 Å². The number of hydrogen-bond acceptors (Lipinski definition) is 3. The number of alkyl halides is 4. The van der Waals surface area contributed by atoms with Crippen LogP contribution in [-0.4, -0.2) is 34.7 Å². The van der Waals surface area contributed by atoms with Gasteiger partial charge in [0, 0.05) is 25.8 Å². The Morgan fingerprint density at radius 2 is 1.96 bits per heavy atom. The number of nitrogens with zero attached hydrogens (tertiary/aromatic N) is 2. The molecule has 3 rings (SSSR count). The van der Waals surface area contributed by atoms with Crippen LogP contribution in [0.4, 0.5) is 17.6 Å². The Morgan fingerprint density at radius 3 is 2.39 bits per heavy atom. The second-order valence-electron chi connectivity index (χ2n) is 6.73. The summed E-state index contributed by atoms with van der Waals surface area (Å²) >= 11 is 1.80. The van der Waals surface area contributed by atoms with Crippen LogP contribution >= 0.6 is 22.6 Å². The van der Waals surface area contributed by atoms with Crippen molar-refractivity contribution in [2.45, 2.75) is 50.5 Å². The molecule has 23 heavy (non-hydrogen) atoms. The van der Waals surface area contributed by atoms with Crippen molar-refractivity contribution in [3.63, 3.8) is 0 Å². The molecule has 2 aliphatic carbocycles. The van der Waals surface area contributed by atoms with Gasteiger partial charge in [-0.05, 0) is 28.0 Å². The van der Waals surface area contributed by atoms with Gasteiger partial charge in [0.1, 0.15) is 0 Å². The third-order valence-electron chi connectivity index (χ3n) is 4.36. The van der Waals surface area contributed by atoms with Crippen LogP contribution in [-0.2, 0) is 11.3 Å². The highest BCUT2D eigenvalue weighted by molar-refractivity contribution is 14.1. The van der Waals surface area contributed by atoms with E-state index < -0.39 is 29.1 Å². The van der Waals surface area contributed by atoms with Crippen molar-refractivity contribution in [3.8, 4) is 0 Å². The van der Waals surface area contributed by atoms with Crippen LogP contribution < -0.4 is 0 Å². The van der Waals surface area contributed by atoms with Crippen LogP contribution in [0.3, 0.4) is 0 Å². The first-order valence-electron chi connectivity index (χ1n) is 7.08. The molecular weight excluding hydrogens is 431 g/mol. The molecule has 0 radical (unpaired) electrons. The van der Waals surface area contributed by atoms with Gasteiger partial charge in [0.2, 0.25) is 5.92 Å². The molecule has 0 N–H and O–H groups in total. The highest BCUT2D eigenvalue weighted by Gasteiger charge is 2.60. The van der Waals surface area contributed by atoms with Crippen LogP contribution in [0.15, 0.2) is 0 Å². The van der Waals surface area contributed by atoms with Gasteiger partial charge >= 0.3 is 5.97 Å². The Labute approximate surface area is 143 Å². The molecule has 0 aromatic carbocycles. The van der Waals surface area contributed by atoms with Gasteiger partial charge in [0.15, 0.2) is 5.69 Å². The average Bonchev–Trinajstić information content (AvgIpc) is 2.88. The molecule has 0 spiro atoms. The number of esters is 1. The first-order valence-corrected chi connectivity index (χ1v) is 8.16. The number of hydrogen-bond donors (Lipinski definition) is 0. The van der Waals surface area contributed by atoms with Crippen LogP contribution in [0.2, 0.25) is 0 Å². The molecule has 0 amide bonds. The molecule has 0 saturated heterocycles. The van der Waals surface area contributed by atoms with Crippen molar-refractivity contribution < 1.29 is 27.1 Å². The monoisotopic (exact) mass is 446 g/mol. The highest BCUT2D eigenvalue weighted by Crippen LogP contribution is 2.57. The first kappa shape index (κ1) is 17.0. The number of carbonyl (C=O) groups excluding carboxylic acids is 1. The summed E-state index contributed by atoms with van der Waals surface area (Å²) in [5.74, 6) is -7.26. The summed E-state index contributed by atoms with van der Waals surface area (Å²) in [4.78, 5) is 12.0. The third kappa shape index (κ3) is 2.96. The van der Waals surface area contributed by atoms with Crippen molar-refractivity contribution in [2.24, 2.45) is 5.41 Å². The van der Waals surface area contributed by atoms with Gasteiger partial charge in [-0.25, -0.2) is 22.4 Å². The van der Waals surface area contributed by atoms with Gasteiger partial charge in [0.05, 0.1) is 22.3 Å². The zero-order valence-corrected chi connectivity index (χ0v) is 14.7. The Hall–Kier alpha value is -0.870. The zero-order chi connectivity index (χ0) is 17.2. The zero-order valence-electron chi connectivity index (χ0n) is 12.5. The van der Waals surface area contributed by atoms with E-state index >= 15 is 0 Å². The van der Waals surface area contributed by atoms with Gasteiger partial charge in [-0.15, -0.1) is 0 Å². The maximum Gasteiger partial charge on any atom is 0.357 e. The van der Waals surface area contributed by atoms with Gasteiger partial charge in [-0.3, -0.25) is 4.68 Å². The van der Waals surface area contributed by atoms with Gasteiger partial charge in [0.25, 0.3) is 5.92 Å². The molecule has 2 aliphatic rings. The number of ether oxygens (including phenoxy) is 1. The van der Waals surface area contributed by atoms with Crippen molar-refractivity contribution in [3.05, 3.63) is 15.0 Å². The van der Waals surface area contributed by atoms with E-state index in [1.165, 1.54) is 11.8 Å². The second kappa shape index (κ2) is 5.06. The fraction of sp³-hybridized carbons (Fsp3) is 0.714. The maximum atomic E-state index is 13.3. The molecule has 1 heterocycles. The Morgan fingerprint density at radius 1 is 1.39 bits per heavy atom. The SMILES string of the molecule is COC(=O)c1c(I)c(C2CC2(F)F)nn1CC1(C)CC(F)(F)C1. The van der Waals surface area contributed by atoms with Crippen molar-refractivity contribution in [2.75, 3.05) is 7.11 Å². The Balaban J connectivity index is 1.93. The van der Waals surface area contributed by atoms with E-state index in [1.807, 2.05) is 0 Å². The van der Waals surface area contributed by atoms with E-state index in [-0.39, 0.29) is 37.2 Å². The van der Waals surface area contributed by atoms with Crippen LogP contribution in [0, 0.1) is 8.99 Å². The minimum atomic E-state index is -2.82. The lowest BCUT2D eigenvalue weighted by Crippen LogP contribution is -2.47. The quantitative estimate of drug-likeness (QED) is 0.401. The normalized spacial score (nSPS) is 26.5. The molecule has 1 aromatic rings. The van der Waals surface area contributed by atoms with E-state index in [4.69, 9.17) is 4.74 Å². The molecule has 4 nitrogen and oxygen atoms in total. The largest absolute Gasteiger partial charge is 0.464 e. The lowest BCUT2D eigenvalue weighted by molar-refractivity contribution is -0.160. The summed E-state index contributed by atoms with van der Waals surface area (Å²) in [5.41, 5.74) is -0.516. The van der Waals surface area contributed by atoms with Crippen molar-refractivity contribution in [1.82, 2.24) is 9.78 Å². The molecule has 2 fully saturated rings. The fourth-order valence-corrected chi connectivity index (χ4v) is 4.25. The molecule has 2 saturated carbocycles. The van der Waals surface area contributed by atoms with E-state index in [0.29, 0.717) is 3.57 Å². The fourth-order valence-electron chi connectivity index (χ4n) is 3.27. The predicted molar refractivity (Wildman–Crippen MR) is 80.9 cm³/mol. The summed E-state index contributed by atoms with van der Waals surface area (Å²) in [6.45, 7) is 1.74. The molecule has 1 atom stereocenters. The molecule has 1 aromatic heterocycles. The minimum absolute atomic E-state index is 0.0576. The lowest BCUT2D eigenvalue weighted by atomic mass is 9.67. The number of rotatable bonds is 4. The second-order valence-corrected chi connectivity index (χ2v) is 7.81. The summed E-state index contributed by atoms with van der Waals surface area (Å²) in [5, 5.41) is 4.13. The average molecular weight is 446 g/mol. The smallest absolute Gasteiger partial charge is 0.357 e. The summed E-state index contributed by atoms with van der Waals surface area (Å²) in [6.07, 6.45) is -0.937. The summed E-state index contributed by atoms with van der Waals surface area (Å²) in [6, 6.07) is 0. The number of halogens is 5. The third-order valence-corrected chi connectivity index (χ3v) is 5.42. The van der Waals surface area contributed by atoms with Crippen LogP contribution in [0.25, 0.3) is 0 Å². The molecule has 1 unspecified atom stereocenters. The summed E-state index contributed by atoms with van der Waals surface area (Å²) in [7, 11) is 1.18. The van der Waals surface area contributed by atoms with Gasteiger partial charge < -0.3 is 4.74 Å². The van der Waals surface area contributed by atoms with Crippen LogP contribution in [0.5, 0.6) is 0 Å². The number of methoxy groups -OCH3 is 1. The van der Waals surface area contributed by atoms with E-state index in [9.17, 15) is 22.4 Å². The Kier molecular flexibility index (Phi) is 3.73. The molecular formula is C14H15F4IN2O2. The van der Waals surface area contributed by atoms with Gasteiger partial charge in [-0.2, -0.15) is 5.10 Å². The van der Waals surface area contributed by atoms with Crippen molar-refractivity contribution in [1.29, 1.82) is 0 Å². The topological polar surface area (TPSA) is 44.1 Å². The molecule has 9 heteroatoms. The maximum absolute atomic E-state index is 13.3. The number of aromatic nitrogens is 2. The van der Waals surface area contributed by atoms with E-state index in [1.54, 1.807) is 29.5 Å². The minimum Gasteiger partial charge on any atom is -0.464 e. The standard InChI is InChI=1S/C14H15F4IN2O2/c1-12(4-13(15,16)5-12)6-21-10(11(22)23-2)8(19)9(20-21)7-3-14(7,17)18/h7H,3-6H2,1-2H3. The van der Waals surface area contributed by atoms with E-state index in [2.05, 4.69) is 5.10 Å². The lowest BCUT2D eigenvalue weighted by Gasteiger charge is -2.44.